The largest absolute Gasteiger partial charge is 0.497 e. The van der Waals surface area contributed by atoms with Gasteiger partial charge in [-0.3, -0.25) is 0 Å². The summed E-state index contributed by atoms with van der Waals surface area (Å²) < 4.78 is 15.9. The van der Waals surface area contributed by atoms with Gasteiger partial charge < -0.3 is 24.6 Å². The molecule has 114 valence electrons. The van der Waals surface area contributed by atoms with Crippen LogP contribution in [0.4, 0.5) is 0 Å². The number of rotatable bonds is 10. The minimum Gasteiger partial charge on any atom is -0.497 e. The normalized spacial score (nSPS) is 12.2. The van der Waals surface area contributed by atoms with Crippen LogP contribution >= 0.6 is 0 Å². The summed E-state index contributed by atoms with van der Waals surface area (Å²) in [7, 11) is 3.30. The van der Waals surface area contributed by atoms with Crippen molar-refractivity contribution in [3.8, 4) is 11.5 Å². The molecule has 1 rings (SSSR count). The smallest absolute Gasteiger partial charge is 0.127 e. The summed E-state index contributed by atoms with van der Waals surface area (Å²) in [6, 6.07) is 5.71. The van der Waals surface area contributed by atoms with Gasteiger partial charge in [0.15, 0.2) is 0 Å². The number of aliphatic hydroxyl groups is 1. The van der Waals surface area contributed by atoms with Gasteiger partial charge in [0.2, 0.25) is 0 Å². The third-order valence-corrected chi connectivity index (χ3v) is 2.98. The molecule has 1 atom stereocenters. The monoisotopic (exact) mass is 283 g/mol. The maximum atomic E-state index is 9.59. The molecule has 0 radical (unpaired) electrons. The van der Waals surface area contributed by atoms with E-state index in [0.717, 1.165) is 23.6 Å². The van der Waals surface area contributed by atoms with Gasteiger partial charge in [-0.2, -0.15) is 0 Å². The van der Waals surface area contributed by atoms with Crippen LogP contribution in [0, 0.1) is 0 Å². The van der Waals surface area contributed by atoms with Crippen LogP contribution in [0.3, 0.4) is 0 Å². The zero-order valence-corrected chi connectivity index (χ0v) is 12.5. The lowest BCUT2D eigenvalue weighted by atomic mass is 10.2. The summed E-state index contributed by atoms with van der Waals surface area (Å²) in [4.78, 5) is 0. The first kappa shape index (κ1) is 16.8. The molecule has 5 nitrogen and oxygen atoms in total. The van der Waals surface area contributed by atoms with Crippen molar-refractivity contribution < 1.29 is 19.3 Å². The predicted octanol–water partition coefficient (Wildman–Crippen LogP) is 1.58. The first-order valence-electron chi connectivity index (χ1n) is 6.88. The van der Waals surface area contributed by atoms with Crippen molar-refractivity contribution in [3.63, 3.8) is 0 Å². The molecule has 1 aromatic carbocycles. The maximum absolute atomic E-state index is 9.59. The minimum atomic E-state index is -0.449. The molecule has 0 heterocycles. The lowest BCUT2D eigenvalue weighted by Gasteiger charge is -2.15. The second-order valence-electron chi connectivity index (χ2n) is 4.52. The molecule has 0 aliphatic carbocycles. The van der Waals surface area contributed by atoms with Crippen molar-refractivity contribution in [2.24, 2.45) is 0 Å². The third-order valence-electron chi connectivity index (χ3n) is 2.98. The summed E-state index contributed by atoms with van der Waals surface area (Å²) >= 11 is 0. The van der Waals surface area contributed by atoms with E-state index in [9.17, 15) is 5.11 Å². The lowest BCUT2D eigenvalue weighted by Crippen LogP contribution is -2.20. The molecule has 1 aromatic rings. The van der Waals surface area contributed by atoms with E-state index in [-0.39, 0.29) is 6.61 Å². The molecule has 0 aliphatic heterocycles. The molecule has 0 aromatic heterocycles. The van der Waals surface area contributed by atoms with Crippen LogP contribution in [0.1, 0.15) is 18.9 Å². The van der Waals surface area contributed by atoms with E-state index in [1.54, 1.807) is 14.2 Å². The Balaban J connectivity index is 2.65. The molecule has 20 heavy (non-hydrogen) atoms. The first-order chi connectivity index (χ1) is 9.71. The number of hydrogen-bond donors (Lipinski definition) is 2. The Labute approximate surface area is 120 Å². The number of nitrogens with one attached hydrogen (secondary N) is 1. The van der Waals surface area contributed by atoms with Crippen molar-refractivity contribution >= 4 is 0 Å². The highest BCUT2D eigenvalue weighted by molar-refractivity contribution is 5.40. The number of methoxy groups -OCH3 is 2. The Morgan fingerprint density at radius 1 is 1.30 bits per heavy atom. The SMILES string of the molecule is CCC(O)COc1cc(OC)ccc1CNCCOC. The molecule has 0 aliphatic rings. The third kappa shape index (κ3) is 5.77. The first-order valence-corrected chi connectivity index (χ1v) is 6.88. The number of ether oxygens (including phenoxy) is 3. The van der Waals surface area contributed by atoms with Crippen LogP contribution < -0.4 is 14.8 Å². The van der Waals surface area contributed by atoms with Gasteiger partial charge in [0.05, 0.1) is 19.8 Å². The van der Waals surface area contributed by atoms with E-state index >= 15 is 0 Å². The van der Waals surface area contributed by atoms with Gasteiger partial charge in [-0.15, -0.1) is 0 Å². The van der Waals surface area contributed by atoms with Crippen molar-refractivity contribution in [1.82, 2.24) is 5.32 Å². The fourth-order valence-electron chi connectivity index (χ4n) is 1.64. The molecular formula is C15H25NO4. The van der Waals surface area contributed by atoms with Gasteiger partial charge in [0.25, 0.3) is 0 Å². The van der Waals surface area contributed by atoms with E-state index in [1.807, 2.05) is 25.1 Å². The number of hydrogen-bond acceptors (Lipinski definition) is 5. The Kier molecular flexibility index (Phi) is 8.02. The van der Waals surface area contributed by atoms with Crippen molar-refractivity contribution in [1.29, 1.82) is 0 Å². The molecule has 2 N–H and O–H groups in total. The van der Waals surface area contributed by atoms with Crippen LogP contribution in [0.15, 0.2) is 18.2 Å². The van der Waals surface area contributed by atoms with Crippen molar-refractivity contribution in [2.45, 2.75) is 26.0 Å². The second-order valence-corrected chi connectivity index (χ2v) is 4.52. The molecule has 0 bridgehead atoms. The summed E-state index contributed by atoms with van der Waals surface area (Å²) in [6.07, 6.45) is 0.223. The van der Waals surface area contributed by atoms with Crippen LogP contribution in [-0.4, -0.2) is 45.2 Å². The predicted molar refractivity (Wildman–Crippen MR) is 78.4 cm³/mol. The number of aliphatic hydroxyl groups excluding tert-OH is 1. The highest BCUT2D eigenvalue weighted by Gasteiger charge is 2.08. The fraction of sp³-hybridized carbons (Fsp3) is 0.600. The standard InChI is InChI=1S/C15H25NO4/c1-4-13(17)11-20-15-9-14(19-3)6-5-12(15)10-16-7-8-18-2/h5-6,9,13,16-17H,4,7-8,10-11H2,1-3H3. The van der Waals surface area contributed by atoms with Gasteiger partial charge in [0.1, 0.15) is 18.1 Å². The fourth-order valence-corrected chi connectivity index (χ4v) is 1.64. The molecule has 0 saturated heterocycles. The summed E-state index contributed by atoms with van der Waals surface area (Å²) in [5.74, 6) is 1.48. The van der Waals surface area contributed by atoms with Crippen LogP contribution in [0.2, 0.25) is 0 Å². The van der Waals surface area contributed by atoms with Gasteiger partial charge in [-0.1, -0.05) is 13.0 Å². The van der Waals surface area contributed by atoms with Crippen LogP contribution in [0.5, 0.6) is 11.5 Å². The number of benzene rings is 1. The van der Waals surface area contributed by atoms with E-state index in [1.165, 1.54) is 0 Å². The van der Waals surface area contributed by atoms with Gasteiger partial charge in [0, 0.05) is 31.8 Å². The Hall–Kier alpha value is -1.30. The molecule has 0 spiro atoms. The van der Waals surface area contributed by atoms with E-state index in [2.05, 4.69) is 5.32 Å². The quantitative estimate of drug-likeness (QED) is 0.638. The summed E-state index contributed by atoms with van der Waals surface area (Å²) in [5.41, 5.74) is 1.03. The maximum Gasteiger partial charge on any atom is 0.127 e. The van der Waals surface area contributed by atoms with Crippen molar-refractivity contribution in [3.05, 3.63) is 23.8 Å². The van der Waals surface area contributed by atoms with Crippen LogP contribution in [0.25, 0.3) is 0 Å². The average Bonchev–Trinajstić information content (AvgIpc) is 2.49. The van der Waals surface area contributed by atoms with E-state index < -0.39 is 6.10 Å². The molecule has 0 fully saturated rings. The molecule has 0 saturated carbocycles. The highest BCUT2D eigenvalue weighted by Crippen LogP contribution is 2.25. The van der Waals surface area contributed by atoms with Gasteiger partial charge >= 0.3 is 0 Å². The van der Waals surface area contributed by atoms with Crippen molar-refractivity contribution in [2.75, 3.05) is 34.0 Å². The van der Waals surface area contributed by atoms with E-state index in [0.29, 0.717) is 19.6 Å². The highest BCUT2D eigenvalue weighted by atomic mass is 16.5. The van der Waals surface area contributed by atoms with Crippen LogP contribution in [-0.2, 0) is 11.3 Å². The average molecular weight is 283 g/mol. The molecule has 1 unspecified atom stereocenters. The molecule has 0 amide bonds. The summed E-state index contributed by atoms with van der Waals surface area (Å²) in [6.45, 7) is 4.34. The zero-order chi connectivity index (χ0) is 14.8. The Morgan fingerprint density at radius 3 is 2.75 bits per heavy atom. The zero-order valence-electron chi connectivity index (χ0n) is 12.5. The molecular weight excluding hydrogens is 258 g/mol. The molecule has 5 heteroatoms. The topological polar surface area (TPSA) is 60.0 Å². The Morgan fingerprint density at radius 2 is 2.10 bits per heavy atom. The second kappa shape index (κ2) is 9.58. The van der Waals surface area contributed by atoms with E-state index in [4.69, 9.17) is 14.2 Å². The lowest BCUT2D eigenvalue weighted by molar-refractivity contribution is 0.103. The summed E-state index contributed by atoms with van der Waals surface area (Å²) in [5, 5.41) is 12.9. The van der Waals surface area contributed by atoms with Gasteiger partial charge in [-0.05, 0) is 12.5 Å². The van der Waals surface area contributed by atoms with Gasteiger partial charge in [-0.25, -0.2) is 0 Å². The Bertz CT molecular complexity index is 384. The minimum absolute atomic E-state index is 0.286.